The second-order valence-corrected chi connectivity index (χ2v) is 5.36. The molecule has 0 amide bonds. The Morgan fingerprint density at radius 2 is 1.94 bits per heavy atom. The van der Waals surface area contributed by atoms with Crippen LogP contribution < -0.4 is 5.32 Å². The standard InChI is InChI=1S/C15H16N2S/c1-11-5-3-6-12(2)15(11)14(9-16)17-10-13-7-4-8-18-13/h3-8,14,17H,10H2,1-2H3. The van der Waals surface area contributed by atoms with Crippen molar-refractivity contribution in [1.82, 2.24) is 5.32 Å². The molecule has 92 valence electrons. The minimum absolute atomic E-state index is 0.242. The number of nitrogens with one attached hydrogen (secondary N) is 1. The number of benzene rings is 1. The molecule has 3 heteroatoms. The summed E-state index contributed by atoms with van der Waals surface area (Å²) in [7, 11) is 0. The molecule has 0 aliphatic carbocycles. The summed E-state index contributed by atoms with van der Waals surface area (Å²) in [6, 6.07) is 12.4. The minimum atomic E-state index is -0.242. The summed E-state index contributed by atoms with van der Waals surface area (Å²) in [5.74, 6) is 0. The minimum Gasteiger partial charge on any atom is -0.293 e. The molecular formula is C15H16N2S. The SMILES string of the molecule is Cc1cccc(C)c1C(C#N)NCc1cccs1. The Bertz CT molecular complexity index is 532. The van der Waals surface area contributed by atoms with Gasteiger partial charge in [-0.2, -0.15) is 5.26 Å². The van der Waals surface area contributed by atoms with E-state index < -0.39 is 0 Å². The maximum Gasteiger partial charge on any atom is 0.122 e. The van der Waals surface area contributed by atoms with E-state index in [4.69, 9.17) is 0 Å². The first-order valence-electron chi connectivity index (χ1n) is 5.94. The summed E-state index contributed by atoms with van der Waals surface area (Å²) in [6.07, 6.45) is 0. The first-order chi connectivity index (χ1) is 8.72. The zero-order valence-corrected chi connectivity index (χ0v) is 11.4. The van der Waals surface area contributed by atoms with Crippen molar-refractivity contribution in [1.29, 1.82) is 5.26 Å². The zero-order valence-electron chi connectivity index (χ0n) is 10.6. The molecule has 2 aromatic rings. The quantitative estimate of drug-likeness (QED) is 0.905. The monoisotopic (exact) mass is 256 g/mol. The lowest BCUT2D eigenvalue weighted by molar-refractivity contribution is 0.630. The lowest BCUT2D eigenvalue weighted by Crippen LogP contribution is -2.20. The smallest absolute Gasteiger partial charge is 0.122 e. The fourth-order valence-electron chi connectivity index (χ4n) is 2.11. The molecule has 1 aromatic carbocycles. The van der Waals surface area contributed by atoms with Gasteiger partial charge in [0.1, 0.15) is 6.04 Å². The average Bonchev–Trinajstić information content (AvgIpc) is 2.86. The highest BCUT2D eigenvalue weighted by molar-refractivity contribution is 7.09. The Hall–Kier alpha value is -1.63. The largest absolute Gasteiger partial charge is 0.293 e. The molecule has 0 saturated heterocycles. The second-order valence-electron chi connectivity index (χ2n) is 4.33. The summed E-state index contributed by atoms with van der Waals surface area (Å²) in [5.41, 5.74) is 3.44. The molecule has 1 heterocycles. The lowest BCUT2D eigenvalue weighted by atomic mass is 9.97. The van der Waals surface area contributed by atoms with Crippen molar-refractivity contribution in [2.75, 3.05) is 0 Å². The normalized spacial score (nSPS) is 12.1. The van der Waals surface area contributed by atoms with Crippen molar-refractivity contribution in [3.05, 3.63) is 57.3 Å². The molecule has 0 radical (unpaired) electrons. The van der Waals surface area contributed by atoms with Gasteiger partial charge in [-0.05, 0) is 42.0 Å². The first-order valence-corrected chi connectivity index (χ1v) is 6.82. The van der Waals surface area contributed by atoms with E-state index >= 15 is 0 Å². The summed E-state index contributed by atoms with van der Waals surface area (Å²) in [6.45, 7) is 4.85. The molecule has 18 heavy (non-hydrogen) atoms. The Balaban J connectivity index is 2.16. The van der Waals surface area contributed by atoms with E-state index in [0.29, 0.717) is 0 Å². The number of nitriles is 1. The van der Waals surface area contributed by atoms with Gasteiger partial charge in [0.05, 0.1) is 6.07 Å². The van der Waals surface area contributed by atoms with Crippen molar-refractivity contribution < 1.29 is 0 Å². The number of hydrogen-bond acceptors (Lipinski definition) is 3. The van der Waals surface area contributed by atoms with Crippen LogP contribution in [0.25, 0.3) is 0 Å². The zero-order chi connectivity index (χ0) is 13.0. The Kier molecular flexibility index (Phi) is 4.14. The van der Waals surface area contributed by atoms with Crippen molar-refractivity contribution in [3.63, 3.8) is 0 Å². The van der Waals surface area contributed by atoms with Gasteiger partial charge in [-0.1, -0.05) is 24.3 Å². The molecule has 1 N–H and O–H groups in total. The number of hydrogen-bond donors (Lipinski definition) is 1. The molecule has 1 atom stereocenters. The predicted octanol–water partition coefficient (Wildman–Crippen LogP) is 3.72. The van der Waals surface area contributed by atoms with Gasteiger partial charge in [0, 0.05) is 11.4 Å². The highest BCUT2D eigenvalue weighted by atomic mass is 32.1. The van der Waals surface area contributed by atoms with E-state index in [1.165, 1.54) is 16.0 Å². The van der Waals surface area contributed by atoms with Crippen LogP contribution in [0.4, 0.5) is 0 Å². The third-order valence-electron chi connectivity index (χ3n) is 3.02. The van der Waals surface area contributed by atoms with Gasteiger partial charge in [-0.15, -0.1) is 11.3 Å². The van der Waals surface area contributed by atoms with Crippen LogP contribution >= 0.6 is 11.3 Å². The molecule has 0 aliphatic heterocycles. The highest BCUT2D eigenvalue weighted by Gasteiger charge is 2.14. The van der Waals surface area contributed by atoms with Gasteiger partial charge in [-0.25, -0.2) is 0 Å². The van der Waals surface area contributed by atoms with Gasteiger partial charge >= 0.3 is 0 Å². The summed E-state index contributed by atoms with van der Waals surface area (Å²) < 4.78 is 0. The van der Waals surface area contributed by atoms with Crippen LogP contribution in [0.15, 0.2) is 35.7 Å². The number of aryl methyl sites for hydroxylation is 2. The number of thiophene rings is 1. The van der Waals surface area contributed by atoms with Crippen LogP contribution in [0, 0.1) is 25.2 Å². The molecule has 2 nitrogen and oxygen atoms in total. The molecule has 0 spiro atoms. The van der Waals surface area contributed by atoms with Crippen LogP contribution in [0.2, 0.25) is 0 Å². The van der Waals surface area contributed by atoms with Crippen LogP contribution in [0.3, 0.4) is 0 Å². The molecule has 0 bridgehead atoms. The van der Waals surface area contributed by atoms with E-state index in [2.05, 4.69) is 48.8 Å². The van der Waals surface area contributed by atoms with Gasteiger partial charge in [0.25, 0.3) is 0 Å². The van der Waals surface area contributed by atoms with Crippen LogP contribution in [0.5, 0.6) is 0 Å². The molecule has 2 rings (SSSR count). The Morgan fingerprint density at radius 3 is 2.50 bits per heavy atom. The summed E-state index contributed by atoms with van der Waals surface area (Å²) >= 11 is 1.71. The fraction of sp³-hybridized carbons (Fsp3) is 0.267. The van der Waals surface area contributed by atoms with Gasteiger partial charge < -0.3 is 0 Å². The van der Waals surface area contributed by atoms with Crippen LogP contribution in [0.1, 0.15) is 27.6 Å². The topological polar surface area (TPSA) is 35.8 Å². The molecule has 0 fully saturated rings. The van der Waals surface area contributed by atoms with Crippen LogP contribution in [-0.2, 0) is 6.54 Å². The fourth-order valence-corrected chi connectivity index (χ4v) is 2.77. The van der Waals surface area contributed by atoms with E-state index in [9.17, 15) is 5.26 Å². The predicted molar refractivity (Wildman–Crippen MR) is 75.4 cm³/mol. The van der Waals surface area contributed by atoms with E-state index in [0.717, 1.165) is 12.1 Å². The first kappa shape index (κ1) is 12.8. The molecule has 0 saturated carbocycles. The molecule has 1 unspecified atom stereocenters. The summed E-state index contributed by atoms with van der Waals surface area (Å²) in [4.78, 5) is 1.25. The molecule has 1 aromatic heterocycles. The Morgan fingerprint density at radius 1 is 1.22 bits per heavy atom. The van der Waals surface area contributed by atoms with Gasteiger partial charge in [-0.3, -0.25) is 5.32 Å². The highest BCUT2D eigenvalue weighted by Crippen LogP contribution is 2.22. The van der Waals surface area contributed by atoms with Crippen molar-refractivity contribution >= 4 is 11.3 Å². The third-order valence-corrected chi connectivity index (χ3v) is 3.90. The van der Waals surface area contributed by atoms with E-state index in [1.54, 1.807) is 11.3 Å². The van der Waals surface area contributed by atoms with Gasteiger partial charge in [0.2, 0.25) is 0 Å². The Labute approximate surface area is 112 Å². The summed E-state index contributed by atoms with van der Waals surface area (Å²) in [5, 5.41) is 14.7. The number of rotatable bonds is 4. The molecule has 0 aliphatic rings. The lowest BCUT2D eigenvalue weighted by Gasteiger charge is -2.16. The number of nitrogens with zero attached hydrogens (tertiary/aromatic N) is 1. The molecular weight excluding hydrogens is 240 g/mol. The maximum atomic E-state index is 9.35. The van der Waals surface area contributed by atoms with E-state index in [-0.39, 0.29) is 6.04 Å². The van der Waals surface area contributed by atoms with Crippen molar-refractivity contribution in [3.8, 4) is 6.07 Å². The van der Waals surface area contributed by atoms with Crippen molar-refractivity contribution in [2.24, 2.45) is 0 Å². The van der Waals surface area contributed by atoms with Crippen molar-refractivity contribution in [2.45, 2.75) is 26.4 Å². The van der Waals surface area contributed by atoms with Crippen LogP contribution in [-0.4, -0.2) is 0 Å². The average molecular weight is 256 g/mol. The maximum absolute atomic E-state index is 9.35. The third kappa shape index (κ3) is 2.79. The van der Waals surface area contributed by atoms with Gasteiger partial charge in [0.15, 0.2) is 0 Å². The second kappa shape index (κ2) is 5.81. The van der Waals surface area contributed by atoms with E-state index in [1.807, 2.05) is 12.1 Å².